The Kier molecular flexibility index (Phi) is 6.98. The molecule has 3 aromatic carbocycles. The third-order valence-corrected chi connectivity index (χ3v) is 9.52. The van der Waals surface area contributed by atoms with Crippen LogP contribution in [-0.4, -0.2) is 34.8 Å². The SMILES string of the molecule is CCC[C@@H]1C2=C(CN(Cc3ccccc3)Cc3ccccc32)[C@H](SC)[C@@H]2C(=O)N(c3ccccc3)C(=O)[C@@H]21. The standard InChI is InChI=1S/C33H34N2O2S/c1-3-12-26-28-25-18-11-10-15-23(25)20-34(19-22-13-6-4-7-14-22)21-27(28)31(38-2)30-29(26)32(36)35(33(30)37)24-16-8-5-9-17-24/h4-11,13-18,26,29-31H,3,12,19-21H2,1-2H3/t26-,29-,30-,31+/m1/s1. The Morgan fingerprint density at radius 1 is 0.816 bits per heavy atom. The van der Waals surface area contributed by atoms with Crippen LogP contribution in [0.15, 0.2) is 90.5 Å². The van der Waals surface area contributed by atoms with Crippen LogP contribution in [0.4, 0.5) is 5.69 Å². The minimum atomic E-state index is -0.336. The van der Waals surface area contributed by atoms with E-state index >= 15 is 0 Å². The summed E-state index contributed by atoms with van der Waals surface area (Å²) in [6.45, 7) is 4.70. The van der Waals surface area contributed by atoms with Crippen LogP contribution >= 0.6 is 11.8 Å². The van der Waals surface area contributed by atoms with Gasteiger partial charge in [0.05, 0.1) is 17.5 Å². The number of nitrogens with zero attached hydrogens (tertiary/aromatic N) is 2. The minimum absolute atomic E-state index is 0.0295. The summed E-state index contributed by atoms with van der Waals surface area (Å²) in [5, 5.41) is -0.0299. The van der Waals surface area contributed by atoms with E-state index in [0.717, 1.165) is 32.5 Å². The summed E-state index contributed by atoms with van der Waals surface area (Å²) in [7, 11) is 0. The summed E-state index contributed by atoms with van der Waals surface area (Å²) in [5.41, 5.74) is 7.23. The number of imide groups is 1. The molecule has 38 heavy (non-hydrogen) atoms. The molecule has 0 bridgehead atoms. The predicted molar refractivity (Wildman–Crippen MR) is 156 cm³/mol. The molecule has 0 saturated carbocycles. The normalized spacial score (nSPS) is 25.2. The highest BCUT2D eigenvalue weighted by Crippen LogP contribution is 2.54. The molecular formula is C33H34N2O2S. The van der Waals surface area contributed by atoms with Gasteiger partial charge in [0.2, 0.25) is 11.8 Å². The number of para-hydroxylation sites is 1. The molecule has 1 aliphatic carbocycles. The lowest BCUT2D eigenvalue weighted by atomic mass is 9.66. The third kappa shape index (κ3) is 4.22. The fourth-order valence-corrected chi connectivity index (χ4v) is 8.02. The van der Waals surface area contributed by atoms with Crippen molar-refractivity contribution in [1.29, 1.82) is 0 Å². The van der Waals surface area contributed by atoms with Crippen molar-refractivity contribution in [3.8, 4) is 0 Å². The first-order valence-corrected chi connectivity index (χ1v) is 14.9. The van der Waals surface area contributed by atoms with Crippen LogP contribution in [0.1, 0.15) is 36.5 Å². The van der Waals surface area contributed by atoms with Crippen LogP contribution in [0.2, 0.25) is 0 Å². The Bertz CT molecular complexity index is 1370. The van der Waals surface area contributed by atoms with Crippen LogP contribution in [0.3, 0.4) is 0 Å². The van der Waals surface area contributed by atoms with Crippen LogP contribution in [0.25, 0.3) is 5.57 Å². The number of allylic oxidation sites excluding steroid dienone is 1. The summed E-state index contributed by atoms with van der Waals surface area (Å²) in [5.74, 6) is -0.695. The monoisotopic (exact) mass is 522 g/mol. The summed E-state index contributed by atoms with van der Waals surface area (Å²) < 4.78 is 0. The van der Waals surface area contributed by atoms with Gasteiger partial charge in [0, 0.05) is 24.9 Å². The number of benzene rings is 3. The number of carbonyl (C=O) groups excluding carboxylic acids is 2. The molecule has 0 radical (unpaired) electrons. The summed E-state index contributed by atoms with van der Waals surface area (Å²) in [4.78, 5) is 32.2. The van der Waals surface area contributed by atoms with Crippen molar-refractivity contribution in [1.82, 2.24) is 4.90 Å². The van der Waals surface area contributed by atoms with Crippen molar-refractivity contribution in [3.05, 3.63) is 107 Å². The molecular weight excluding hydrogens is 488 g/mol. The smallest absolute Gasteiger partial charge is 0.239 e. The van der Waals surface area contributed by atoms with E-state index in [1.54, 1.807) is 11.8 Å². The molecule has 3 aromatic rings. The highest BCUT2D eigenvalue weighted by molar-refractivity contribution is 7.99. The van der Waals surface area contributed by atoms with Crippen molar-refractivity contribution in [2.75, 3.05) is 17.7 Å². The third-order valence-electron chi connectivity index (χ3n) is 8.43. The fourth-order valence-electron chi connectivity index (χ4n) is 6.96. The average Bonchev–Trinajstić information content (AvgIpc) is 3.09. The highest BCUT2D eigenvalue weighted by atomic mass is 32.2. The molecule has 4 nitrogen and oxygen atoms in total. The van der Waals surface area contributed by atoms with Gasteiger partial charge >= 0.3 is 0 Å². The van der Waals surface area contributed by atoms with Crippen molar-refractivity contribution >= 4 is 34.8 Å². The number of thioether (sulfide) groups is 1. The molecule has 0 N–H and O–H groups in total. The van der Waals surface area contributed by atoms with Gasteiger partial charge < -0.3 is 0 Å². The Hall–Kier alpha value is -3.15. The summed E-state index contributed by atoms with van der Waals surface area (Å²) in [6, 6.07) is 28.8. The van der Waals surface area contributed by atoms with Crippen molar-refractivity contribution in [3.63, 3.8) is 0 Å². The van der Waals surface area contributed by atoms with E-state index in [1.807, 2.05) is 30.3 Å². The molecule has 0 spiro atoms. The number of hydrogen-bond acceptors (Lipinski definition) is 4. The molecule has 2 heterocycles. The van der Waals surface area contributed by atoms with Gasteiger partial charge in [0.1, 0.15) is 0 Å². The van der Waals surface area contributed by atoms with Gasteiger partial charge in [-0.05, 0) is 58.6 Å². The molecule has 0 unspecified atom stereocenters. The van der Waals surface area contributed by atoms with Crippen LogP contribution in [0.5, 0.6) is 0 Å². The van der Waals surface area contributed by atoms with E-state index in [1.165, 1.54) is 32.7 Å². The molecule has 1 fully saturated rings. The second-order valence-electron chi connectivity index (χ2n) is 10.7. The molecule has 2 aliphatic heterocycles. The van der Waals surface area contributed by atoms with E-state index < -0.39 is 0 Å². The number of anilines is 1. The first-order valence-electron chi connectivity index (χ1n) is 13.7. The fraction of sp³-hybridized carbons (Fsp3) is 0.333. The lowest BCUT2D eigenvalue weighted by Crippen LogP contribution is -2.42. The molecule has 0 aromatic heterocycles. The first kappa shape index (κ1) is 25.1. The molecule has 4 atom stereocenters. The Balaban J connectivity index is 1.49. The molecule has 6 rings (SSSR count). The molecule has 1 saturated heterocycles. The van der Waals surface area contributed by atoms with Gasteiger partial charge in [-0.3, -0.25) is 14.5 Å². The van der Waals surface area contributed by atoms with Gasteiger partial charge in [-0.15, -0.1) is 0 Å². The lowest BCUT2D eigenvalue weighted by Gasteiger charge is -2.40. The molecule has 5 heteroatoms. The summed E-state index contributed by atoms with van der Waals surface area (Å²) in [6.07, 6.45) is 3.97. The zero-order valence-electron chi connectivity index (χ0n) is 22.0. The number of amides is 2. The first-order chi connectivity index (χ1) is 18.6. The maximum absolute atomic E-state index is 14.1. The van der Waals surface area contributed by atoms with Crippen molar-refractivity contribution in [2.45, 2.75) is 38.1 Å². The van der Waals surface area contributed by atoms with E-state index in [2.05, 4.69) is 72.7 Å². The van der Waals surface area contributed by atoms with Crippen LogP contribution < -0.4 is 4.90 Å². The maximum atomic E-state index is 14.1. The molecule has 194 valence electrons. The number of hydrogen-bond donors (Lipinski definition) is 0. The molecule has 2 amide bonds. The topological polar surface area (TPSA) is 40.6 Å². The van der Waals surface area contributed by atoms with Gasteiger partial charge in [-0.2, -0.15) is 11.8 Å². The maximum Gasteiger partial charge on any atom is 0.239 e. The number of fused-ring (bicyclic) bond motifs is 3. The van der Waals surface area contributed by atoms with Gasteiger partial charge in [0.25, 0.3) is 0 Å². The predicted octanol–water partition coefficient (Wildman–Crippen LogP) is 6.42. The van der Waals surface area contributed by atoms with Gasteiger partial charge in [-0.1, -0.05) is 86.1 Å². The van der Waals surface area contributed by atoms with E-state index in [0.29, 0.717) is 5.69 Å². The minimum Gasteiger partial charge on any atom is -0.291 e. The Morgan fingerprint density at radius 2 is 1.47 bits per heavy atom. The van der Waals surface area contributed by atoms with E-state index in [4.69, 9.17) is 0 Å². The summed E-state index contributed by atoms with van der Waals surface area (Å²) >= 11 is 1.74. The van der Waals surface area contributed by atoms with E-state index in [-0.39, 0.29) is 34.8 Å². The second kappa shape index (κ2) is 10.5. The highest BCUT2D eigenvalue weighted by Gasteiger charge is 2.58. The van der Waals surface area contributed by atoms with Crippen molar-refractivity contribution in [2.24, 2.45) is 17.8 Å². The number of carbonyl (C=O) groups is 2. The second-order valence-corrected chi connectivity index (χ2v) is 11.7. The molecule has 3 aliphatic rings. The average molecular weight is 523 g/mol. The van der Waals surface area contributed by atoms with E-state index in [9.17, 15) is 9.59 Å². The zero-order valence-corrected chi connectivity index (χ0v) is 22.9. The number of rotatable bonds is 6. The van der Waals surface area contributed by atoms with Gasteiger partial charge in [0.15, 0.2) is 0 Å². The Labute approximate surface area is 229 Å². The zero-order chi connectivity index (χ0) is 26.2. The lowest BCUT2D eigenvalue weighted by molar-refractivity contribution is -0.122. The van der Waals surface area contributed by atoms with Crippen LogP contribution in [0, 0.1) is 17.8 Å². The quantitative estimate of drug-likeness (QED) is 0.350. The Morgan fingerprint density at radius 3 is 2.18 bits per heavy atom. The van der Waals surface area contributed by atoms with Gasteiger partial charge in [-0.25, -0.2) is 4.90 Å². The van der Waals surface area contributed by atoms with Crippen LogP contribution in [-0.2, 0) is 22.7 Å². The van der Waals surface area contributed by atoms with Crippen molar-refractivity contribution < 1.29 is 9.59 Å². The largest absolute Gasteiger partial charge is 0.291 e.